The van der Waals surface area contributed by atoms with Gasteiger partial charge in [-0.3, -0.25) is 9.97 Å². The van der Waals surface area contributed by atoms with Gasteiger partial charge in [0, 0.05) is 16.9 Å². The van der Waals surface area contributed by atoms with Crippen molar-refractivity contribution in [3.05, 3.63) is 52.5 Å². The predicted molar refractivity (Wildman–Crippen MR) is 87.5 cm³/mol. The van der Waals surface area contributed by atoms with Crippen molar-refractivity contribution < 1.29 is 4.74 Å². The van der Waals surface area contributed by atoms with E-state index in [2.05, 4.69) is 38.1 Å². The van der Waals surface area contributed by atoms with Crippen molar-refractivity contribution in [2.75, 3.05) is 13.2 Å². The van der Waals surface area contributed by atoms with E-state index in [-0.39, 0.29) is 6.04 Å². The lowest BCUT2D eigenvalue weighted by atomic mass is 10.0. The molecule has 0 spiro atoms. The van der Waals surface area contributed by atoms with Gasteiger partial charge < -0.3 is 10.1 Å². The summed E-state index contributed by atoms with van der Waals surface area (Å²) in [6, 6.07) is 5.93. The molecule has 0 aliphatic carbocycles. The number of hydrogen-bond acceptors (Lipinski definition) is 4. The third-order valence-electron chi connectivity index (χ3n) is 3.04. The molecule has 0 aliphatic rings. The predicted octanol–water partition coefficient (Wildman–Crippen LogP) is 3.73. The molecule has 0 amide bonds. The number of ether oxygens (including phenoxy) is 1. The van der Waals surface area contributed by atoms with Crippen LogP contribution in [-0.2, 0) is 0 Å². The van der Waals surface area contributed by atoms with E-state index < -0.39 is 0 Å². The average Bonchev–Trinajstić information content (AvgIpc) is 2.50. The molecule has 4 nitrogen and oxygen atoms in total. The Morgan fingerprint density at radius 3 is 2.90 bits per heavy atom. The van der Waals surface area contributed by atoms with Crippen LogP contribution in [0.2, 0.25) is 0 Å². The van der Waals surface area contributed by atoms with Crippen molar-refractivity contribution in [3.8, 4) is 5.75 Å². The monoisotopic (exact) mass is 349 g/mol. The van der Waals surface area contributed by atoms with Gasteiger partial charge in [-0.05, 0) is 59.6 Å². The van der Waals surface area contributed by atoms with E-state index in [4.69, 9.17) is 4.74 Å². The molecule has 0 fully saturated rings. The van der Waals surface area contributed by atoms with Crippen LogP contribution in [-0.4, -0.2) is 23.1 Å². The van der Waals surface area contributed by atoms with E-state index >= 15 is 0 Å². The first-order valence-corrected chi connectivity index (χ1v) is 7.97. The van der Waals surface area contributed by atoms with Gasteiger partial charge in [-0.1, -0.05) is 6.92 Å². The van der Waals surface area contributed by atoms with Gasteiger partial charge in [0.15, 0.2) is 0 Å². The summed E-state index contributed by atoms with van der Waals surface area (Å²) in [5.74, 6) is 0.783. The highest BCUT2D eigenvalue weighted by Crippen LogP contribution is 2.28. The Balaban J connectivity index is 2.36. The molecule has 2 aromatic rings. The standard InChI is InChI=1S/C16H20BrN3O/c1-3-7-19-15(16-14(17)6-5-8-20-16)12-9-13(21-4-2)11-18-10-12/h5-6,8-11,15,19H,3-4,7H2,1-2H3. The molecule has 2 heterocycles. The van der Waals surface area contributed by atoms with Crippen LogP contribution in [0.1, 0.15) is 37.6 Å². The summed E-state index contributed by atoms with van der Waals surface area (Å²) >= 11 is 3.58. The van der Waals surface area contributed by atoms with E-state index in [9.17, 15) is 0 Å². The lowest BCUT2D eigenvalue weighted by Gasteiger charge is -2.20. The molecule has 1 unspecified atom stereocenters. The van der Waals surface area contributed by atoms with Crippen LogP contribution in [0.5, 0.6) is 5.75 Å². The minimum atomic E-state index is -0.00608. The van der Waals surface area contributed by atoms with Gasteiger partial charge in [0.05, 0.1) is 24.5 Å². The summed E-state index contributed by atoms with van der Waals surface area (Å²) in [7, 11) is 0. The number of hydrogen-bond donors (Lipinski definition) is 1. The van der Waals surface area contributed by atoms with Gasteiger partial charge in [-0.2, -0.15) is 0 Å². The summed E-state index contributed by atoms with van der Waals surface area (Å²) < 4.78 is 6.53. The largest absolute Gasteiger partial charge is 0.492 e. The van der Waals surface area contributed by atoms with Gasteiger partial charge >= 0.3 is 0 Å². The van der Waals surface area contributed by atoms with E-state index in [0.29, 0.717) is 6.61 Å². The lowest BCUT2D eigenvalue weighted by molar-refractivity contribution is 0.338. The second-order valence-electron chi connectivity index (χ2n) is 4.64. The molecule has 0 aliphatic heterocycles. The second-order valence-corrected chi connectivity index (χ2v) is 5.50. The van der Waals surface area contributed by atoms with Crippen LogP contribution in [0, 0.1) is 0 Å². The molecule has 21 heavy (non-hydrogen) atoms. The Hall–Kier alpha value is -1.46. The molecule has 5 heteroatoms. The van der Waals surface area contributed by atoms with Crippen molar-refractivity contribution in [1.82, 2.24) is 15.3 Å². The van der Waals surface area contributed by atoms with E-state index in [1.54, 1.807) is 12.4 Å². The van der Waals surface area contributed by atoms with Gasteiger partial charge in [0.1, 0.15) is 5.75 Å². The maximum Gasteiger partial charge on any atom is 0.137 e. The maximum atomic E-state index is 5.54. The van der Waals surface area contributed by atoms with Crippen LogP contribution < -0.4 is 10.1 Å². The molecule has 1 N–H and O–H groups in total. The molecule has 0 radical (unpaired) electrons. The number of nitrogens with zero attached hydrogens (tertiary/aromatic N) is 2. The molecule has 0 saturated heterocycles. The van der Waals surface area contributed by atoms with Gasteiger partial charge in [-0.15, -0.1) is 0 Å². The summed E-state index contributed by atoms with van der Waals surface area (Å²) in [5.41, 5.74) is 2.01. The molecule has 2 rings (SSSR count). The molecule has 0 saturated carbocycles. The van der Waals surface area contributed by atoms with Crippen LogP contribution in [0.4, 0.5) is 0 Å². The number of rotatable bonds is 7. The Labute approximate surface area is 134 Å². The topological polar surface area (TPSA) is 47.0 Å². The summed E-state index contributed by atoms with van der Waals surface area (Å²) in [6.07, 6.45) is 6.45. The van der Waals surface area contributed by atoms with Crippen LogP contribution >= 0.6 is 15.9 Å². The summed E-state index contributed by atoms with van der Waals surface area (Å²) in [5, 5.41) is 3.52. The first-order chi connectivity index (χ1) is 10.3. The molecule has 112 valence electrons. The Kier molecular flexibility index (Phi) is 6.14. The average molecular weight is 350 g/mol. The van der Waals surface area contributed by atoms with Crippen LogP contribution in [0.3, 0.4) is 0 Å². The zero-order valence-corrected chi connectivity index (χ0v) is 13.9. The number of pyridine rings is 2. The highest BCUT2D eigenvalue weighted by Gasteiger charge is 2.18. The number of halogens is 1. The fourth-order valence-corrected chi connectivity index (χ4v) is 2.59. The van der Waals surface area contributed by atoms with E-state index in [1.807, 2.05) is 31.3 Å². The zero-order chi connectivity index (χ0) is 15.1. The van der Waals surface area contributed by atoms with Gasteiger partial charge in [0.25, 0.3) is 0 Å². The van der Waals surface area contributed by atoms with Gasteiger partial charge in [0.2, 0.25) is 0 Å². The molecular formula is C16H20BrN3O. The summed E-state index contributed by atoms with van der Waals surface area (Å²) in [6.45, 7) is 5.65. The Morgan fingerprint density at radius 2 is 2.19 bits per heavy atom. The molecule has 0 aromatic carbocycles. The normalized spacial score (nSPS) is 12.1. The zero-order valence-electron chi connectivity index (χ0n) is 12.3. The number of aromatic nitrogens is 2. The number of nitrogens with one attached hydrogen (secondary N) is 1. The minimum Gasteiger partial charge on any atom is -0.492 e. The summed E-state index contributed by atoms with van der Waals surface area (Å²) in [4.78, 5) is 8.78. The Morgan fingerprint density at radius 1 is 1.33 bits per heavy atom. The fourth-order valence-electron chi connectivity index (χ4n) is 2.11. The smallest absolute Gasteiger partial charge is 0.137 e. The van der Waals surface area contributed by atoms with Crippen molar-refractivity contribution in [1.29, 1.82) is 0 Å². The molecule has 2 aromatic heterocycles. The second kappa shape index (κ2) is 8.10. The third kappa shape index (κ3) is 4.25. The molecule has 0 bridgehead atoms. The minimum absolute atomic E-state index is 0.00608. The third-order valence-corrected chi connectivity index (χ3v) is 3.71. The SMILES string of the molecule is CCCNC(c1cncc(OCC)c1)c1ncccc1Br. The van der Waals surface area contributed by atoms with Crippen molar-refractivity contribution in [2.24, 2.45) is 0 Å². The Bertz CT molecular complexity index is 577. The molecule has 1 atom stereocenters. The maximum absolute atomic E-state index is 5.54. The van der Waals surface area contributed by atoms with Crippen LogP contribution in [0.15, 0.2) is 41.3 Å². The van der Waals surface area contributed by atoms with Crippen molar-refractivity contribution >= 4 is 15.9 Å². The quantitative estimate of drug-likeness (QED) is 0.827. The van der Waals surface area contributed by atoms with E-state index in [1.165, 1.54) is 0 Å². The fraction of sp³-hybridized carbons (Fsp3) is 0.375. The van der Waals surface area contributed by atoms with E-state index in [0.717, 1.165) is 34.4 Å². The molecular weight excluding hydrogens is 330 g/mol. The van der Waals surface area contributed by atoms with Crippen molar-refractivity contribution in [2.45, 2.75) is 26.3 Å². The highest BCUT2D eigenvalue weighted by molar-refractivity contribution is 9.10. The van der Waals surface area contributed by atoms with Crippen LogP contribution in [0.25, 0.3) is 0 Å². The first-order valence-electron chi connectivity index (χ1n) is 7.17. The first kappa shape index (κ1) is 15.9. The van der Waals surface area contributed by atoms with Crippen molar-refractivity contribution in [3.63, 3.8) is 0 Å². The highest BCUT2D eigenvalue weighted by atomic mass is 79.9. The lowest BCUT2D eigenvalue weighted by Crippen LogP contribution is -2.24. The van der Waals surface area contributed by atoms with Gasteiger partial charge in [-0.25, -0.2) is 0 Å².